The van der Waals surface area contributed by atoms with Gasteiger partial charge in [-0.25, -0.2) is 9.48 Å². The first-order valence-corrected chi connectivity index (χ1v) is 6.75. The average molecular weight is 310 g/mol. The highest BCUT2D eigenvalue weighted by Gasteiger charge is 2.16. The highest BCUT2D eigenvalue weighted by molar-refractivity contribution is 6.00. The van der Waals surface area contributed by atoms with Gasteiger partial charge in [-0.3, -0.25) is 4.79 Å². The minimum atomic E-state index is -0.797. The van der Waals surface area contributed by atoms with Crippen LogP contribution in [0.2, 0.25) is 0 Å². The van der Waals surface area contributed by atoms with Crippen LogP contribution >= 0.6 is 0 Å². The summed E-state index contributed by atoms with van der Waals surface area (Å²) in [5.41, 5.74) is 13.1. The van der Waals surface area contributed by atoms with E-state index in [0.717, 1.165) is 11.3 Å². The molecule has 116 valence electrons. The second kappa shape index (κ2) is 5.68. The van der Waals surface area contributed by atoms with Crippen LogP contribution in [-0.4, -0.2) is 26.7 Å². The number of urea groups is 1. The van der Waals surface area contributed by atoms with E-state index >= 15 is 0 Å². The summed E-state index contributed by atoms with van der Waals surface area (Å²) >= 11 is 0. The van der Waals surface area contributed by atoms with Gasteiger partial charge in [0.2, 0.25) is 0 Å². The van der Waals surface area contributed by atoms with Crippen molar-refractivity contribution >= 4 is 17.6 Å². The number of rotatable bonds is 4. The Kier molecular flexibility index (Phi) is 3.55. The lowest BCUT2D eigenvalue weighted by atomic mass is 10.1. The lowest BCUT2D eigenvalue weighted by molar-refractivity contribution is 0.0996. The fraction of sp³-hybridized carbons (Fsp3) is 0. The predicted molar refractivity (Wildman–Crippen MR) is 85.1 cm³/mol. The number of hydrogen-bond donors (Lipinski definition) is 4. The third-order valence-electron chi connectivity index (χ3n) is 3.25. The Balaban J connectivity index is 1.95. The van der Waals surface area contributed by atoms with Gasteiger partial charge in [-0.2, -0.15) is 5.10 Å². The van der Waals surface area contributed by atoms with Crippen molar-refractivity contribution in [3.63, 3.8) is 0 Å². The van der Waals surface area contributed by atoms with E-state index in [4.69, 9.17) is 11.5 Å². The Morgan fingerprint density at radius 2 is 1.87 bits per heavy atom. The number of primary amides is 2. The maximum atomic E-state index is 11.4. The molecule has 6 N–H and O–H groups in total. The second-order valence-corrected chi connectivity index (χ2v) is 4.82. The monoisotopic (exact) mass is 310 g/mol. The molecule has 0 aliphatic heterocycles. The van der Waals surface area contributed by atoms with Crippen molar-refractivity contribution < 1.29 is 9.59 Å². The van der Waals surface area contributed by atoms with Crippen LogP contribution in [0, 0.1) is 0 Å². The number of H-pyrrole nitrogens is 1. The first-order chi connectivity index (χ1) is 11.0. The topological polar surface area (TPSA) is 132 Å². The predicted octanol–water partition coefficient (Wildman–Crippen LogP) is 1.46. The van der Waals surface area contributed by atoms with E-state index in [0.29, 0.717) is 5.69 Å². The molecule has 0 saturated heterocycles. The third kappa shape index (κ3) is 2.91. The highest BCUT2D eigenvalue weighted by Crippen LogP contribution is 2.21. The molecule has 0 unspecified atom stereocenters. The molecule has 8 heteroatoms. The van der Waals surface area contributed by atoms with E-state index in [9.17, 15) is 9.59 Å². The smallest absolute Gasteiger partial charge is 0.316 e. The quantitative estimate of drug-likeness (QED) is 0.581. The molecule has 0 saturated carbocycles. The third-order valence-corrected chi connectivity index (χ3v) is 3.25. The van der Waals surface area contributed by atoms with Crippen molar-refractivity contribution in [2.75, 3.05) is 5.32 Å². The Morgan fingerprint density at radius 1 is 1.13 bits per heavy atom. The SMILES string of the molecule is NC(=O)Nc1cn(-c2ccc(-c3ccc[nH]3)cc2)nc1C(N)=O. The van der Waals surface area contributed by atoms with Crippen LogP contribution in [0.4, 0.5) is 10.5 Å². The van der Waals surface area contributed by atoms with Crippen molar-refractivity contribution in [2.24, 2.45) is 11.5 Å². The van der Waals surface area contributed by atoms with E-state index in [1.165, 1.54) is 10.9 Å². The second-order valence-electron chi connectivity index (χ2n) is 4.82. The van der Waals surface area contributed by atoms with Crippen LogP contribution in [-0.2, 0) is 0 Å². The fourth-order valence-electron chi connectivity index (χ4n) is 2.22. The van der Waals surface area contributed by atoms with Crippen LogP contribution in [0.5, 0.6) is 0 Å². The van der Waals surface area contributed by atoms with E-state index < -0.39 is 11.9 Å². The van der Waals surface area contributed by atoms with Crippen molar-refractivity contribution in [2.45, 2.75) is 0 Å². The molecule has 0 bridgehead atoms. The number of nitrogens with one attached hydrogen (secondary N) is 2. The molecule has 2 aromatic heterocycles. The molecule has 3 amide bonds. The van der Waals surface area contributed by atoms with Gasteiger partial charge in [0.1, 0.15) is 0 Å². The lowest BCUT2D eigenvalue weighted by Gasteiger charge is -2.03. The fourth-order valence-corrected chi connectivity index (χ4v) is 2.22. The van der Waals surface area contributed by atoms with Gasteiger partial charge in [-0.05, 0) is 29.8 Å². The van der Waals surface area contributed by atoms with Crippen LogP contribution < -0.4 is 16.8 Å². The summed E-state index contributed by atoms with van der Waals surface area (Å²) in [6, 6.07) is 10.6. The van der Waals surface area contributed by atoms with Gasteiger partial charge in [0.15, 0.2) is 5.69 Å². The van der Waals surface area contributed by atoms with Gasteiger partial charge in [-0.1, -0.05) is 12.1 Å². The molecule has 8 nitrogen and oxygen atoms in total. The molecule has 2 heterocycles. The Labute approximate surface area is 131 Å². The van der Waals surface area contributed by atoms with E-state index in [-0.39, 0.29) is 11.4 Å². The summed E-state index contributed by atoms with van der Waals surface area (Å²) in [7, 11) is 0. The first kappa shape index (κ1) is 14.4. The van der Waals surface area contributed by atoms with Crippen LogP contribution in [0.1, 0.15) is 10.5 Å². The number of aromatic amines is 1. The molecule has 23 heavy (non-hydrogen) atoms. The standard InChI is InChI=1S/C15H14N6O2/c16-14(22)13-12(19-15(17)23)8-21(20-13)10-5-3-9(4-6-10)11-2-1-7-18-11/h1-8,18H,(H2,16,22)(H3,17,19,23). The zero-order valence-electron chi connectivity index (χ0n) is 12.0. The van der Waals surface area contributed by atoms with Crippen molar-refractivity contribution in [1.82, 2.24) is 14.8 Å². The zero-order chi connectivity index (χ0) is 16.4. The number of benzene rings is 1. The maximum absolute atomic E-state index is 11.4. The van der Waals surface area contributed by atoms with Crippen molar-refractivity contribution in [3.05, 3.63) is 54.5 Å². The Bertz CT molecular complexity index is 849. The Morgan fingerprint density at radius 3 is 2.43 bits per heavy atom. The number of amides is 3. The molecule has 0 fully saturated rings. The molecule has 0 radical (unpaired) electrons. The van der Waals surface area contributed by atoms with E-state index in [2.05, 4.69) is 15.4 Å². The minimum Gasteiger partial charge on any atom is -0.364 e. The molecule has 0 aliphatic carbocycles. The number of nitrogens with two attached hydrogens (primary N) is 2. The largest absolute Gasteiger partial charge is 0.364 e. The molecule has 0 aliphatic rings. The van der Waals surface area contributed by atoms with Gasteiger partial charge in [0, 0.05) is 11.9 Å². The molecule has 0 spiro atoms. The number of anilines is 1. The summed E-state index contributed by atoms with van der Waals surface area (Å²) in [5.74, 6) is -0.754. The van der Waals surface area contributed by atoms with Gasteiger partial charge in [-0.15, -0.1) is 0 Å². The maximum Gasteiger partial charge on any atom is 0.316 e. The van der Waals surface area contributed by atoms with Crippen molar-refractivity contribution in [3.8, 4) is 16.9 Å². The lowest BCUT2D eigenvalue weighted by Crippen LogP contribution is -2.22. The molecule has 3 rings (SSSR count). The van der Waals surface area contributed by atoms with E-state index in [1.807, 2.05) is 42.6 Å². The summed E-state index contributed by atoms with van der Waals surface area (Å²) in [6.45, 7) is 0. The molecular weight excluding hydrogens is 296 g/mol. The highest BCUT2D eigenvalue weighted by atomic mass is 16.2. The Hall–Kier alpha value is -3.55. The molecule has 0 atom stereocenters. The summed E-state index contributed by atoms with van der Waals surface area (Å²) < 4.78 is 1.45. The number of carbonyl (C=O) groups excluding carboxylic acids is 2. The van der Waals surface area contributed by atoms with Gasteiger partial charge in [0.25, 0.3) is 5.91 Å². The van der Waals surface area contributed by atoms with Gasteiger partial charge >= 0.3 is 6.03 Å². The first-order valence-electron chi connectivity index (χ1n) is 6.75. The number of hydrogen-bond acceptors (Lipinski definition) is 3. The van der Waals surface area contributed by atoms with E-state index in [1.54, 1.807) is 0 Å². The number of nitrogens with zero attached hydrogens (tertiary/aromatic N) is 2. The molecule has 1 aromatic carbocycles. The number of aromatic nitrogens is 3. The number of carbonyl (C=O) groups is 2. The van der Waals surface area contributed by atoms with Crippen LogP contribution in [0.25, 0.3) is 16.9 Å². The average Bonchev–Trinajstić information content (AvgIpc) is 3.16. The molecular formula is C15H14N6O2. The van der Waals surface area contributed by atoms with Gasteiger partial charge < -0.3 is 21.8 Å². The zero-order valence-corrected chi connectivity index (χ0v) is 12.0. The molecule has 3 aromatic rings. The van der Waals surface area contributed by atoms with Crippen LogP contribution in [0.15, 0.2) is 48.8 Å². The summed E-state index contributed by atoms with van der Waals surface area (Å²) in [4.78, 5) is 25.5. The minimum absolute atomic E-state index is 0.0581. The van der Waals surface area contributed by atoms with Gasteiger partial charge in [0.05, 0.1) is 17.6 Å². The van der Waals surface area contributed by atoms with Crippen LogP contribution in [0.3, 0.4) is 0 Å². The summed E-state index contributed by atoms with van der Waals surface area (Å²) in [5, 5.41) is 6.42. The van der Waals surface area contributed by atoms with Crippen molar-refractivity contribution in [1.29, 1.82) is 0 Å². The normalized spacial score (nSPS) is 10.4. The summed E-state index contributed by atoms with van der Waals surface area (Å²) in [6.07, 6.45) is 3.33.